The van der Waals surface area contributed by atoms with E-state index in [0.29, 0.717) is 11.7 Å². The minimum absolute atomic E-state index is 0.0136. The maximum atomic E-state index is 12.6. The Morgan fingerprint density at radius 3 is 3.15 bits per heavy atom. The van der Waals surface area contributed by atoms with Gasteiger partial charge in [0.05, 0.1) is 12.3 Å². The number of likely N-dealkylation sites (tertiary alicyclic amines) is 1. The van der Waals surface area contributed by atoms with Crippen LogP contribution in [0.1, 0.15) is 48.0 Å². The van der Waals surface area contributed by atoms with Crippen LogP contribution in [0.5, 0.6) is 0 Å². The van der Waals surface area contributed by atoms with Crippen LogP contribution in [0.2, 0.25) is 0 Å². The van der Waals surface area contributed by atoms with Crippen molar-refractivity contribution >= 4 is 5.91 Å². The van der Waals surface area contributed by atoms with E-state index in [1.807, 2.05) is 11.8 Å². The molecule has 0 N–H and O–H groups in total. The first-order chi connectivity index (χ1) is 9.79. The van der Waals surface area contributed by atoms with Crippen molar-refractivity contribution in [1.82, 2.24) is 10.1 Å². The quantitative estimate of drug-likeness (QED) is 0.846. The fraction of sp³-hybridized carbons (Fsp3) is 0.733. The second kappa shape index (κ2) is 5.95. The first-order valence-corrected chi connectivity index (χ1v) is 7.64. The summed E-state index contributed by atoms with van der Waals surface area (Å²) in [5, 5.41) is 4.07. The average Bonchev–Trinajstić information content (AvgIpc) is 3.11. The number of hydrogen-bond acceptors (Lipinski definition) is 4. The van der Waals surface area contributed by atoms with Crippen molar-refractivity contribution in [3.63, 3.8) is 0 Å². The van der Waals surface area contributed by atoms with Gasteiger partial charge in [-0.25, -0.2) is 0 Å². The molecule has 20 heavy (non-hydrogen) atoms. The van der Waals surface area contributed by atoms with E-state index in [-0.39, 0.29) is 5.91 Å². The first-order valence-electron chi connectivity index (χ1n) is 7.64. The Morgan fingerprint density at radius 1 is 1.45 bits per heavy atom. The third-order valence-corrected chi connectivity index (χ3v) is 4.28. The lowest BCUT2D eigenvalue weighted by molar-refractivity contribution is 0.0722. The lowest BCUT2D eigenvalue weighted by atomic mass is 9.96. The number of aromatic nitrogens is 1. The fourth-order valence-corrected chi connectivity index (χ4v) is 3.14. The van der Waals surface area contributed by atoms with Crippen LogP contribution >= 0.6 is 0 Å². The van der Waals surface area contributed by atoms with Gasteiger partial charge in [0.1, 0.15) is 0 Å². The van der Waals surface area contributed by atoms with E-state index in [1.165, 1.54) is 0 Å². The van der Waals surface area contributed by atoms with Gasteiger partial charge in [-0.15, -0.1) is 0 Å². The molecule has 0 bridgehead atoms. The number of nitrogens with zero attached hydrogens (tertiary/aromatic N) is 2. The lowest BCUT2D eigenvalue weighted by Gasteiger charge is -2.16. The van der Waals surface area contributed by atoms with Gasteiger partial charge in [-0.2, -0.15) is 0 Å². The minimum atomic E-state index is 0.0136. The Morgan fingerprint density at radius 2 is 2.30 bits per heavy atom. The molecule has 5 nitrogen and oxygen atoms in total. The summed E-state index contributed by atoms with van der Waals surface area (Å²) < 4.78 is 10.8. The third-order valence-electron chi connectivity index (χ3n) is 4.28. The van der Waals surface area contributed by atoms with E-state index in [4.69, 9.17) is 9.26 Å². The van der Waals surface area contributed by atoms with Gasteiger partial charge in [0, 0.05) is 31.2 Å². The zero-order valence-electron chi connectivity index (χ0n) is 12.1. The van der Waals surface area contributed by atoms with Crippen molar-refractivity contribution in [2.75, 3.05) is 26.3 Å². The van der Waals surface area contributed by atoms with Gasteiger partial charge < -0.3 is 14.2 Å². The highest BCUT2D eigenvalue weighted by Gasteiger charge is 2.32. The van der Waals surface area contributed by atoms with Crippen molar-refractivity contribution in [3.8, 4) is 0 Å². The molecule has 1 aliphatic carbocycles. The molecule has 0 radical (unpaired) electrons. The van der Waals surface area contributed by atoms with Gasteiger partial charge in [0.25, 0.3) is 5.91 Å². The summed E-state index contributed by atoms with van der Waals surface area (Å²) in [5.41, 5.74) is 2.04. The van der Waals surface area contributed by atoms with Crippen LogP contribution in [-0.4, -0.2) is 42.3 Å². The topological polar surface area (TPSA) is 55.6 Å². The van der Waals surface area contributed by atoms with E-state index in [0.717, 1.165) is 69.7 Å². The van der Waals surface area contributed by atoms with E-state index in [2.05, 4.69) is 5.16 Å². The lowest BCUT2D eigenvalue weighted by Crippen LogP contribution is -2.30. The second-order valence-electron chi connectivity index (χ2n) is 5.71. The molecule has 1 fully saturated rings. The molecule has 0 spiro atoms. The molecular formula is C15H22N2O3. The van der Waals surface area contributed by atoms with Crippen molar-refractivity contribution in [1.29, 1.82) is 0 Å². The molecule has 1 saturated heterocycles. The molecule has 3 rings (SSSR count). The van der Waals surface area contributed by atoms with Gasteiger partial charge in [-0.1, -0.05) is 5.16 Å². The van der Waals surface area contributed by atoms with Crippen LogP contribution in [0, 0.1) is 5.92 Å². The predicted octanol–water partition coefficient (Wildman–Crippen LogP) is 2.05. The average molecular weight is 278 g/mol. The van der Waals surface area contributed by atoms with E-state index < -0.39 is 0 Å². The highest BCUT2D eigenvalue weighted by atomic mass is 16.5. The number of carbonyl (C=O) groups excluding carboxylic acids is 1. The maximum absolute atomic E-state index is 12.6. The Labute approximate surface area is 119 Å². The largest absolute Gasteiger partial charge is 0.381 e. The Balaban J connectivity index is 1.66. The van der Waals surface area contributed by atoms with Crippen LogP contribution < -0.4 is 0 Å². The third kappa shape index (κ3) is 2.59. The molecule has 1 aromatic heterocycles. The Bertz CT molecular complexity index is 483. The van der Waals surface area contributed by atoms with Crippen LogP contribution in [0.3, 0.4) is 0 Å². The van der Waals surface area contributed by atoms with Crippen LogP contribution in [0.4, 0.5) is 0 Å². The molecule has 1 aromatic rings. The van der Waals surface area contributed by atoms with E-state index in [1.54, 1.807) is 0 Å². The molecule has 2 aliphatic rings. The molecule has 0 saturated carbocycles. The number of rotatable bonds is 4. The summed E-state index contributed by atoms with van der Waals surface area (Å²) in [6, 6.07) is 0. The second-order valence-corrected chi connectivity index (χ2v) is 5.71. The number of ether oxygens (including phenoxy) is 1. The van der Waals surface area contributed by atoms with Crippen LogP contribution in [-0.2, 0) is 17.6 Å². The first kappa shape index (κ1) is 13.6. The van der Waals surface area contributed by atoms with Crippen molar-refractivity contribution in [2.45, 2.75) is 39.0 Å². The summed E-state index contributed by atoms with van der Waals surface area (Å²) in [7, 11) is 0. The number of aryl methyl sites for hydroxylation is 1. The SMILES string of the molecule is CCOC[C@H]1CCN(C(=O)c2onc3c2CCCC3)C1. The Kier molecular flexibility index (Phi) is 4.05. The summed E-state index contributed by atoms with van der Waals surface area (Å²) in [6.45, 7) is 5.05. The van der Waals surface area contributed by atoms with Crippen LogP contribution in [0.15, 0.2) is 4.52 Å². The number of carbonyl (C=O) groups is 1. The van der Waals surface area contributed by atoms with Gasteiger partial charge in [0.2, 0.25) is 5.76 Å². The highest BCUT2D eigenvalue weighted by molar-refractivity contribution is 5.93. The molecule has 5 heteroatoms. The molecule has 1 aliphatic heterocycles. The van der Waals surface area contributed by atoms with E-state index in [9.17, 15) is 4.79 Å². The normalized spacial score (nSPS) is 22.1. The molecule has 1 atom stereocenters. The summed E-state index contributed by atoms with van der Waals surface area (Å²) in [5.74, 6) is 0.953. The predicted molar refractivity (Wildman–Crippen MR) is 73.6 cm³/mol. The van der Waals surface area contributed by atoms with Crippen LogP contribution in [0.25, 0.3) is 0 Å². The minimum Gasteiger partial charge on any atom is -0.381 e. The van der Waals surface area contributed by atoms with Crippen molar-refractivity contribution < 1.29 is 14.1 Å². The fourth-order valence-electron chi connectivity index (χ4n) is 3.14. The van der Waals surface area contributed by atoms with Gasteiger partial charge in [0.15, 0.2) is 0 Å². The Hall–Kier alpha value is -1.36. The molecule has 1 amide bonds. The molecule has 0 aromatic carbocycles. The van der Waals surface area contributed by atoms with Gasteiger partial charge in [-0.05, 0) is 39.0 Å². The monoisotopic (exact) mass is 278 g/mol. The van der Waals surface area contributed by atoms with E-state index >= 15 is 0 Å². The zero-order valence-corrected chi connectivity index (χ0v) is 12.1. The highest BCUT2D eigenvalue weighted by Crippen LogP contribution is 2.26. The number of amides is 1. The number of fused-ring (bicyclic) bond motifs is 1. The van der Waals surface area contributed by atoms with Gasteiger partial charge >= 0.3 is 0 Å². The van der Waals surface area contributed by atoms with Crippen molar-refractivity contribution in [2.24, 2.45) is 5.92 Å². The summed E-state index contributed by atoms with van der Waals surface area (Å²) >= 11 is 0. The van der Waals surface area contributed by atoms with Gasteiger partial charge in [-0.3, -0.25) is 4.79 Å². The summed E-state index contributed by atoms with van der Waals surface area (Å²) in [6.07, 6.45) is 5.16. The number of hydrogen-bond donors (Lipinski definition) is 0. The summed E-state index contributed by atoms with van der Waals surface area (Å²) in [4.78, 5) is 14.4. The maximum Gasteiger partial charge on any atom is 0.292 e. The smallest absolute Gasteiger partial charge is 0.292 e. The molecule has 110 valence electrons. The van der Waals surface area contributed by atoms with Crippen molar-refractivity contribution in [3.05, 3.63) is 17.0 Å². The standard InChI is InChI=1S/C15H22N2O3/c1-2-19-10-11-7-8-17(9-11)15(18)14-12-5-3-4-6-13(12)16-20-14/h11H,2-10H2,1H3/t11-/m0/s1. The molecule has 0 unspecified atom stereocenters. The molecule has 2 heterocycles. The zero-order chi connectivity index (χ0) is 13.9. The molecular weight excluding hydrogens is 256 g/mol.